The Labute approximate surface area is 391 Å². The first-order chi connectivity index (χ1) is 32.0. The summed E-state index contributed by atoms with van der Waals surface area (Å²) in [6.07, 6.45) is -31.0. The monoisotopic (exact) mass is 984 g/mol. The Balaban J connectivity index is 1.08. The molecule has 68 heavy (non-hydrogen) atoms. The highest BCUT2D eigenvalue weighted by Gasteiger charge is 2.73. The number of aliphatic hydroxyl groups excluding tert-OH is 14. The molecule has 8 rings (SSSR count). The summed E-state index contributed by atoms with van der Waals surface area (Å²) in [7, 11) is 0. The molecule has 4 heterocycles. The number of esters is 1. The van der Waals surface area contributed by atoms with Crippen molar-refractivity contribution in [3.8, 4) is 0 Å². The first-order valence-electron chi connectivity index (χ1n) is 23.7. The lowest BCUT2D eigenvalue weighted by atomic mass is 9.41. The maximum Gasteiger partial charge on any atom is 0.314 e. The zero-order valence-electron chi connectivity index (χ0n) is 38.3. The molecule has 4 saturated heterocycles. The van der Waals surface area contributed by atoms with E-state index in [2.05, 4.69) is 6.92 Å². The lowest BCUT2D eigenvalue weighted by Gasteiger charge is -2.64. The second-order valence-electron chi connectivity index (χ2n) is 21.5. The van der Waals surface area contributed by atoms with Gasteiger partial charge in [-0.15, -0.1) is 0 Å². The average Bonchev–Trinajstić information content (AvgIpc) is 3.46. The van der Waals surface area contributed by atoms with Crippen LogP contribution in [0.3, 0.4) is 0 Å². The summed E-state index contributed by atoms with van der Waals surface area (Å²) in [6, 6.07) is 0. The van der Waals surface area contributed by atoms with Crippen LogP contribution in [0, 0.1) is 28.1 Å². The van der Waals surface area contributed by atoms with Gasteiger partial charge in [-0.05, 0) is 87.9 Å². The summed E-state index contributed by atoms with van der Waals surface area (Å²) in [4.78, 5) is 14.3. The number of fused-ring (bicyclic) bond motifs is 3. The number of hydrogen-bond acceptors (Lipinski definition) is 24. The van der Waals surface area contributed by atoms with Crippen molar-refractivity contribution >= 4 is 5.97 Å². The van der Waals surface area contributed by atoms with Crippen LogP contribution in [0.5, 0.6) is 0 Å². The molecule has 15 N–H and O–H groups in total. The number of hydrogen-bond donors (Lipinski definition) is 15. The first-order valence-corrected chi connectivity index (χ1v) is 23.7. The van der Waals surface area contributed by atoms with Crippen molar-refractivity contribution in [1.29, 1.82) is 0 Å². The zero-order chi connectivity index (χ0) is 49.6. The van der Waals surface area contributed by atoms with Gasteiger partial charge in [-0.1, -0.05) is 13.3 Å². The van der Waals surface area contributed by atoms with Gasteiger partial charge in [-0.2, -0.15) is 0 Å². The molecule has 0 amide bonds. The summed E-state index contributed by atoms with van der Waals surface area (Å²) < 4.78 is 48.1. The Morgan fingerprint density at radius 1 is 0.515 bits per heavy atom. The van der Waals surface area contributed by atoms with E-state index in [1.807, 2.05) is 6.92 Å². The summed E-state index contributed by atoms with van der Waals surface area (Å²) in [5.41, 5.74) is -5.28. The van der Waals surface area contributed by atoms with Gasteiger partial charge in [0.2, 0.25) is 6.29 Å². The van der Waals surface area contributed by atoms with E-state index in [4.69, 9.17) is 37.9 Å². The third kappa shape index (κ3) is 8.57. The smallest absolute Gasteiger partial charge is 0.314 e. The molecule has 1 spiro atoms. The van der Waals surface area contributed by atoms with Crippen molar-refractivity contribution in [3.63, 3.8) is 0 Å². The van der Waals surface area contributed by atoms with E-state index in [-0.39, 0.29) is 31.1 Å². The third-order valence-electron chi connectivity index (χ3n) is 17.6. The van der Waals surface area contributed by atoms with Crippen LogP contribution in [0.25, 0.3) is 0 Å². The van der Waals surface area contributed by atoms with Gasteiger partial charge < -0.3 is 114 Å². The van der Waals surface area contributed by atoms with Crippen molar-refractivity contribution in [2.24, 2.45) is 28.1 Å². The number of ether oxygens (including phenoxy) is 8. The standard InChI is InChI=1S/C44H72O24/c1-40-7-4-8-41(2,39(59)67-37-32(58)29(55)25(51)19(13-47)63-37)21(40)5-9-43-15-42(3,60)44(16-43,10-6-22(40)43)68-38-34(66-36-31(57)28(54)24(50)18(12-46)62-36)33(26(52)20(14-48)64-38)65-35-30(56)27(53)23(49)17(11-45)61-35/h17-38,45-58,60H,4-16H2,1-3H3/t17?,18?,19?,20?,21-,22-,23?,24?,25?,26?,27?,28?,29?,30?,31?,32?,33?,34?,35?,36?,37?,38?,40+,41+,42+,43+,44-/m0/s1. The Bertz CT molecular complexity index is 1760. The van der Waals surface area contributed by atoms with Gasteiger partial charge in [0.05, 0.1) is 37.4 Å². The van der Waals surface area contributed by atoms with Crippen LogP contribution in [-0.2, 0) is 42.7 Å². The number of aliphatic hydroxyl groups is 15. The highest BCUT2D eigenvalue weighted by atomic mass is 16.8. The van der Waals surface area contributed by atoms with E-state index < -0.39 is 183 Å². The highest BCUT2D eigenvalue weighted by molar-refractivity contribution is 5.77. The molecule has 4 saturated carbocycles. The van der Waals surface area contributed by atoms with E-state index in [1.54, 1.807) is 6.92 Å². The van der Waals surface area contributed by atoms with Crippen LogP contribution in [0.1, 0.15) is 78.6 Å². The molecule has 27 atom stereocenters. The fraction of sp³-hybridized carbons (Fsp3) is 0.977. The molecule has 392 valence electrons. The molecule has 8 aliphatic rings. The summed E-state index contributed by atoms with van der Waals surface area (Å²) >= 11 is 0. The normalized spacial score (nSPS) is 56.1. The van der Waals surface area contributed by atoms with Crippen molar-refractivity contribution in [2.75, 3.05) is 26.4 Å². The molecule has 24 heteroatoms. The predicted molar refractivity (Wildman–Crippen MR) is 221 cm³/mol. The maximum absolute atomic E-state index is 14.3. The van der Waals surface area contributed by atoms with E-state index in [1.165, 1.54) is 0 Å². The van der Waals surface area contributed by atoms with E-state index >= 15 is 0 Å². The third-order valence-corrected chi connectivity index (χ3v) is 17.6. The number of carbonyl (C=O) groups excluding carboxylic acids is 1. The number of rotatable bonds is 12. The lowest BCUT2D eigenvalue weighted by molar-refractivity contribution is -0.406. The molecule has 0 aromatic carbocycles. The predicted octanol–water partition coefficient (Wildman–Crippen LogP) is -5.92. The summed E-state index contributed by atoms with van der Waals surface area (Å²) in [6.45, 7) is 2.35. The molecule has 0 aromatic rings. The van der Waals surface area contributed by atoms with Crippen LogP contribution in [0.2, 0.25) is 0 Å². The Morgan fingerprint density at radius 2 is 0.971 bits per heavy atom. The topological polar surface area (TPSA) is 394 Å². The molecule has 0 aromatic heterocycles. The summed E-state index contributed by atoms with van der Waals surface area (Å²) in [5, 5.41) is 160. The average molecular weight is 985 g/mol. The van der Waals surface area contributed by atoms with Crippen molar-refractivity contribution < 1.29 is 119 Å². The SMILES string of the molecule is C[C@@]12CCC[C@@](C)(C(=O)OC3OC(CO)C(O)C(O)C3O)[C@H]1CC[C@@]13C[C@@](OC4OC(CO)C(O)C(OC5OC(CO)C(O)C(O)C5O)C4OC4OC(CO)C(O)C(O)C4O)(CC[C@H]12)[C@](C)(O)C3. The van der Waals surface area contributed by atoms with Crippen molar-refractivity contribution in [1.82, 2.24) is 0 Å². The second-order valence-corrected chi connectivity index (χ2v) is 21.5. The van der Waals surface area contributed by atoms with Crippen LogP contribution in [0.15, 0.2) is 0 Å². The zero-order valence-corrected chi connectivity index (χ0v) is 38.3. The van der Waals surface area contributed by atoms with Gasteiger partial charge in [0.15, 0.2) is 18.9 Å². The molecule has 4 aliphatic heterocycles. The molecular formula is C44H72O24. The van der Waals surface area contributed by atoms with Gasteiger partial charge in [0.1, 0.15) is 103 Å². The fourth-order valence-corrected chi connectivity index (χ4v) is 14.0. The maximum atomic E-state index is 14.3. The molecule has 8 fully saturated rings. The van der Waals surface area contributed by atoms with Gasteiger partial charge in [-0.25, -0.2) is 0 Å². The quantitative estimate of drug-likeness (QED) is 0.0639. The minimum Gasteiger partial charge on any atom is -0.432 e. The molecule has 2 bridgehead atoms. The second kappa shape index (κ2) is 19.5. The molecular weight excluding hydrogens is 912 g/mol. The molecule has 0 radical (unpaired) electrons. The van der Waals surface area contributed by atoms with Gasteiger partial charge in [-0.3, -0.25) is 4.79 Å². The number of carbonyl (C=O) groups is 1. The largest absolute Gasteiger partial charge is 0.432 e. The van der Waals surface area contributed by atoms with Crippen LogP contribution < -0.4 is 0 Å². The van der Waals surface area contributed by atoms with Crippen molar-refractivity contribution in [3.05, 3.63) is 0 Å². The minimum atomic E-state index is -1.99. The molecule has 24 nitrogen and oxygen atoms in total. The van der Waals surface area contributed by atoms with Crippen LogP contribution >= 0.6 is 0 Å². The van der Waals surface area contributed by atoms with Gasteiger partial charge >= 0.3 is 5.97 Å². The fourth-order valence-electron chi connectivity index (χ4n) is 14.0. The van der Waals surface area contributed by atoms with E-state index in [0.29, 0.717) is 32.1 Å². The minimum absolute atomic E-state index is 0.0955. The van der Waals surface area contributed by atoms with Gasteiger partial charge in [0, 0.05) is 0 Å². The van der Waals surface area contributed by atoms with Crippen LogP contribution in [-0.4, -0.2) is 243 Å². The Hall–Kier alpha value is -1.41. The van der Waals surface area contributed by atoms with E-state index in [9.17, 15) is 81.4 Å². The summed E-state index contributed by atoms with van der Waals surface area (Å²) in [5.74, 6) is -1.02. The highest BCUT2D eigenvalue weighted by Crippen LogP contribution is 2.74. The van der Waals surface area contributed by atoms with E-state index in [0.717, 1.165) is 6.42 Å². The molecule has 4 aliphatic carbocycles. The Morgan fingerprint density at radius 3 is 1.50 bits per heavy atom. The van der Waals surface area contributed by atoms with Crippen molar-refractivity contribution in [2.45, 2.75) is 213 Å². The van der Waals surface area contributed by atoms with Gasteiger partial charge in [0.25, 0.3) is 0 Å². The molecule has 20 unspecified atom stereocenters. The van der Waals surface area contributed by atoms with Crippen LogP contribution in [0.4, 0.5) is 0 Å². The lowest BCUT2D eigenvalue weighted by Crippen LogP contribution is -2.68. The Kier molecular flexibility index (Phi) is 15.1. The first kappa shape index (κ1) is 52.9.